The summed E-state index contributed by atoms with van der Waals surface area (Å²) in [7, 11) is 0. The molecule has 1 heteroatoms. The van der Waals surface area contributed by atoms with Gasteiger partial charge in [-0.25, -0.2) is 0 Å². The summed E-state index contributed by atoms with van der Waals surface area (Å²) in [5.74, 6) is 6.44. The summed E-state index contributed by atoms with van der Waals surface area (Å²) in [6.07, 6.45) is 19.0. The molecule has 4 aliphatic carbocycles. The van der Waals surface area contributed by atoms with Gasteiger partial charge in [-0.3, -0.25) is 0 Å². The minimum absolute atomic E-state index is 0.441. The average molecular weight is 413 g/mol. The van der Waals surface area contributed by atoms with Crippen molar-refractivity contribution in [2.24, 2.45) is 52.3 Å². The fourth-order valence-corrected chi connectivity index (χ4v) is 9.63. The SMILES string of the molecule is CC(C)CCC[C@@H](C)[C@H]1CC[C@H]2[C@@H]3CC=C4CC5CCOC5C[C@]4(C)[C@H]3CC[C@]12C. The molecule has 0 N–H and O–H groups in total. The van der Waals surface area contributed by atoms with Gasteiger partial charge in [-0.05, 0) is 104 Å². The highest BCUT2D eigenvalue weighted by Gasteiger charge is 2.60. The van der Waals surface area contributed by atoms with Crippen molar-refractivity contribution in [3.63, 3.8) is 0 Å². The van der Waals surface area contributed by atoms with Crippen LogP contribution < -0.4 is 0 Å². The van der Waals surface area contributed by atoms with Crippen LogP contribution in [0.4, 0.5) is 0 Å². The zero-order valence-corrected chi connectivity index (χ0v) is 20.6. The summed E-state index contributed by atoms with van der Waals surface area (Å²) < 4.78 is 6.23. The van der Waals surface area contributed by atoms with Gasteiger partial charge in [0, 0.05) is 6.61 Å². The first-order chi connectivity index (χ1) is 14.3. The summed E-state index contributed by atoms with van der Waals surface area (Å²) in [5.41, 5.74) is 2.90. The summed E-state index contributed by atoms with van der Waals surface area (Å²) >= 11 is 0. The molecule has 9 atom stereocenters. The van der Waals surface area contributed by atoms with Gasteiger partial charge in [-0.15, -0.1) is 0 Å². The van der Waals surface area contributed by atoms with Crippen LogP contribution in [-0.4, -0.2) is 12.7 Å². The smallest absolute Gasteiger partial charge is 0.0615 e. The highest BCUT2D eigenvalue weighted by Crippen LogP contribution is 2.68. The molecule has 0 aromatic carbocycles. The lowest BCUT2D eigenvalue weighted by Crippen LogP contribution is -2.52. The van der Waals surface area contributed by atoms with E-state index in [9.17, 15) is 0 Å². The summed E-state index contributed by atoms with van der Waals surface area (Å²) in [6, 6.07) is 0. The van der Waals surface area contributed by atoms with Crippen molar-refractivity contribution < 1.29 is 4.74 Å². The van der Waals surface area contributed by atoms with Gasteiger partial charge in [0.25, 0.3) is 0 Å². The zero-order valence-electron chi connectivity index (χ0n) is 20.6. The third kappa shape index (κ3) is 3.36. The van der Waals surface area contributed by atoms with E-state index >= 15 is 0 Å². The lowest BCUT2D eigenvalue weighted by Gasteiger charge is -2.59. The van der Waals surface area contributed by atoms with E-state index in [1.807, 2.05) is 5.57 Å². The Morgan fingerprint density at radius 3 is 2.67 bits per heavy atom. The summed E-state index contributed by atoms with van der Waals surface area (Å²) in [5, 5.41) is 0. The van der Waals surface area contributed by atoms with E-state index in [0.717, 1.165) is 48.0 Å². The van der Waals surface area contributed by atoms with Crippen LogP contribution in [0.5, 0.6) is 0 Å². The van der Waals surface area contributed by atoms with Crippen molar-refractivity contribution in [1.82, 2.24) is 0 Å². The normalized spacial score (nSPS) is 48.5. The third-order valence-corrected chi connectivity index (χ3v) is 11.3. The van der Waals surface area contributed by atoms with Gasteiger partial charge in [-0.2, -0.15) is 0 Å². The quantitative estimate of drug-likeness (QED) is 0.415. The van der Waals surface area contributed by atoms with E-state index in [-0.39, 0.29) is 0 Å². The molecule has 5 rings (SSSR count). The molecule has 0 aromatic heterocycles. The Bertz CT molecular complexity index is 663. The molecule has 1 nitrogen and oxygen atoms in total. The van der Waals surface area contributed by atoms with Crippen molar-refractivity contribution in [3.05, 3.63) is 11.6 Å². The summed E-state index contributed by atoms with van der Waals surface area (Å²) in [6.45, 7) is 13.8. The second kappa shape index (κ2) is 7.93. The van der Waals surface area contributed by atoms with Gasteiger partial charge < -0.3 is 4.74 Å². The average Bonchev–Trinajstić information content (AvgIpc) is 3.28. The molecule has 30 heavy (non-hydrogen) atoms. The van der Waals surface area contributed by atoms with Crippen LogP contribution in [-0.2, 0) is 4.74 Å². The van der Waals surface area contributed by atoms with E-state index < -0.39 is 0 Å². The first kappa shape index (κ1) is 21.5. The van der Waals surface area contributed by atoms with Crippen molar-refractivity contribution in [3.8, 4) is 0 Å². The Balaban J connectivity index is 1.32. The van der Waals surface area contributed by atoms with E-state index in [1.165, 1.54) is 70.6 Å². The monoisotopic (exact) mass is 412 g/mol. The Morgan fingerprint density at radius 2 is 1.87 bits per heavy atom. The predicted octanol–water partition coefficient (Wildman–Crippen LogP) is 8.04. The Hall–Kier alpha value is -0.300. The van der Waals surface area contributed by atoms with Crippen molar-refractivity contribution in [2.45, 2.75) is 111 Å². The molecular formula is C29H48O. The second-order valence-corrected chi connectivity index (χ2v) is 13.2. The van der Waals surface area contributed by atoms with Crippen molar-refractivity contribution in [1.29, 1.82) is 0 Å². The van der Waals surface area contributed by atoms with Crippen LogP contribution in [0.2, 0.25) is 0 Å². The number of allylic oxidation sites excluding steroid dienone is 2. The van der Waals surface area contributed by atoms with Gasteiger partial charge in [-0.1, -0.05) is 65.5 Å². The molecule has 1 heterocycles. The third-order valence-electron chi connectivity index (χ3n) is 11.3. The summed E-state index contributed by atoms with van der Waals surface area (Å²) in [4.78, 5) is 0. The fraction of sp³-hybridized carbons (Fsp3) is 0.931. The highest BCUT2D eigenvalue weighted by atomic mass is 16.5. The number of rotatable bonds is 5. The largest absolute Gasteiger partial charge is 0.378 e. The number of hydrogen-bond acceptors (Lipinski definition) is 1. The van der Waals surface area contributed by atoms with E-state index in [2.05, 4.69) is 40.7 Å². The molecule has 1 saturated heterocycles. The molecule has 3 saturated carbocycles. The molecular weight excluding hydrogens is 364 g/mol. The van der Waals surface area contributed by atoms with Crippen LogP contribution in [0.3, 0.4) is 0 Å². The van der Waals surface area contributed by atoms with Crippen LogP contribution in [0.25, 0.3) is 0 Å². The minimum atomic E-state index is 0.441. The molecule has 0 amide bonds. The fourth-order valence-electron chi connectivity index (χ4n) is 9.63. The standard InChI is InChI=1S/C29H48O/c1-19(2)7-6-8-20(3)24-11-12-25-23-10-9-22-17-21-14-16-30-27(21)18-29(22,5)26(23)13-15-28(24,25)4/h9,19-21,23-27H,6-8,10-18H2,1-5H3/t20-,21?,23+,24-,25+,26+,27?,28-,29+/m1/s1. The van der Waals surface area contributed by atoms with Gasteiger partial charge >= 0.3 is 0 Å². The molecule has 2 unspecified atom stereocenters. The van der Waals surface area contributed by atoms with Crippen molar-refractivity contribution in [2.75, 3.05) is 6.61 Å². The van der Waals surface area contributed by atoms with E-state index in [1.54, 1.807) is 0 Å². The Kier molecular flexibility index (Phi) is 5.69. The van der Waals surface area contributed by atoms with E-state index in [4.69, 9.17) is 4.74 Å². The van der Waals surface area contributed by atoms with E-state index in [0.29, 0.717) is 16.9 Å². The molecule has 0 aromatic rings. The molecule has 5 aliphatic rings. The number of ether oxygens (including phenoxy) is 1. The number of fused-ring (bicyclic) bond motifs is 6. The maximum atomic E-state index is 6.23. The topological polar surface area (TPSA) is 9.23 Å². The Morgan fingerprint density at radius 1 is 1.03 bits per heavy atom. The lowest BCUT2D eigenvalue weighted by molar-refractivity contribution is -0.0705. The zero-order chi connectivity index (χ0) is 21.1. The van der Waals surface area contributed by atoms with Crippen LogP contribution in [0.1, 0.15) is 105 Å². The number of hydrogen-bond donors (Lipinski definition) is 0. The molecule has 0 spiro atoms. The van der Waals surface area contributed by atoms with Crippen LogP contribution >= 0.6 is 0 Å². The van der Waals surface area contributed by atoms with Gasteiger partial charge in [0.15, 0.2) is 0 Å². The Labute approximate surface area is 186 Å². The van der Waals surface area contributed by atoms with Crippen molar-refractivity contribution >= 4 is 0 Å². The second-order valence-electron chi connectivity index (χ2n) is 13.2. The minimum Gasteiger partial charge on any atom is -0.378 e. The van der Waals surface area contributed by atoms with Gasteiger partial charge in [0.2, 0.25) is 0 Å². The first-order valence-electron chi connectivity index (χ1n) is 13.6. The maximum Gasteiger partial charge on any atom is 0.0615 e. The predicted molar refractivity (Wildman–Crippen MR) is 126 cm³/mol. The molecule has 170 valence electrons. The molecule has 1 aliphatic heterocycles. The molecule has 4 fully saturated rings. The molecule has 0 radical (unpaired) electrons. The lowest BCUT2D eigenvalue weighted by atomic mass is 9.46. The van der Waals surface area contributed by atoms with Crippen LogP contribution in [0, 0.1) is 52.3 Å². The van der Waals surface area contributed by atoms with Gasteiger partial charge in [0.05, 0.1) is 6.10 Å². The maximum absolute atomic E-state index is 6.23. The van der Waals surface area contributed by atoms with Crippen LogP contribution in [0.15, 0.2) is 11.6 Å². The highest BCUT2D eigenvalue weighted by molar-refractivity contribution is 5.26. The van der Waals surface area contributed by atoms with Gasteiger partial charge in [0.1, 0.15) is 0 Å². The molecule has 0 bridgehead atoms. The first-order valence-corrected chi connectivity index (χ1v) is 13.6.